The van der Waals surface area contributed by atoms with Gasteiger partial charge in [0.15, 0.2) is 0 Å². The molecule has 18 heavy (non-hydrogen) atoms. The Hall–Kier alpha value is -1.22. The highest BCUT2D eigenvalue weighted by molar-refractivity contribution is 5.58. The molecule has 2 fully saturated rings. The average Bonchev–Trinajstić information content (AvgIpc) is 3.22. The van der Waals surface area contributed by atoms with Gasteiger partial charge in [-0.25, -0.2) is 0 Å². The van der Waals surface area contributed by atoms with Gasteiger partial charge in [-0.1, -0.05) is 12.1 Å². The number of anilines is 1. The Labute approximate surface area is 109 Å². The summed E-state index contributed by atoms with van der Waals surface area (Å²) in [5.74, 6) is 1.84. The highest BCUT2D eigenvalue weighted by Gasteiger charge is 2.23. The minimum atomic E-state index is 0.376. The topological polar surface area (TPSA) is 38.5 Å². The number of rotatable bonds is 4. The monoisotopic (exact) mass is 246 g/mol. The highest BCUT2D eigenvalue weighted by atomic mass is 16.5. The van der Waals surface area contributed by atoms with E-state index in [1.54, 1.807) is 0 Å². The predicted molar refractivity (Wildman–Crippen MR) is 74.1 cm³/mol. The summed E-state index contributed by atoms with van der Waals surface area (Å²) in [6, 6.07) is 8.78. The maximum absolute atomic E-state index is 5.97. The Morgan fingerprint density at radius 3 is 2.56 bits per heavy atom. The summed E-state index contributed by atoms with van der Waals surface area (Å²) in [5.41, 5.74) is 7.20. The molecule has 2 aliphatic rings. The van der Waals surface area contributed by atoms with Crippen molar-refractivity contribution >= 4 is 5.69 Å². The molecule has 1 aromatic rings. The minimum Gasteiger partial charge on any atom is -0.491 e. The van der Waals surface area contributed by atoms with Crippen LogP contribution in [0.15, 0.2) is 24.3 Å². The predicted octanol–water partition coefficient (Wildman–Crippen LogP) is 2.40. The van der Waals surface area contributed by atoms with E-state index in [1.807, 2.05) is 0 Å². The van der Waals surface area contributed by atoms with E-state index in [2.05, 4.69) is 29.2 Å². The van der Waals surface area contributed by atoms with Gasteiger partial charge in [0.05, 0.1) is 12.3 Å². The number of para-hydroxylation sites is 2. The van der Waals surface area contributed by atoms with Crippen LogP contribution in [0.5, 0.6) is 5.75 Å². The summed E-state index contributed by atoms with van der Waals surface area (Å²) in [6.45, 7) is 2.97. The minimum absolute atomic E-state index is 0.376. The van der Waals surface area contributed by atoms with Crippen molar-refractivity contribution in [1.82, 2.24) is 0 Å². The molecule has 3 heteroatoms. The van der Waals surface area contributed by atoms with Gasteiger partial charge in [-0.3, -0.25) is 0 Å². The standard InChI is InChI=1S/C15H22N2O/c16-13-7-9-17(10-8-13)14-3-1-2-4-15(14)18-11-12-5-6-12/h1-4,12-13H,5-11,16H2. The summed E-state index contributed by atoms with van der Waals surface area (Å²) in [6.07, 6.45) is 4.83. The average molecular weight is 246 g/mol. The number of hydrogen-bond donors (Lipinski definition) is 1. The van der Waals surface area contributed by atoms with Crippen LogP contribution in [-0.2, 0) is 0 Å². The van der Waals surface area contributed by atoms with Gasteiger partial charge in [0, 0.05) is 19.1 Å². The van der Waals surface area contributed by atoms with Crippen LogP contribution < -0.4 is 15.4 Å². The molecule has 3 nitrogen and oxygen atoms in total. The number of nitrogens with two attached hydrogens (primary N) is 1. The molecule has 1 saturated heterocycles. The molecule has 1 aromatic carbocycles. The second-order valence-electron chi connectivity index (χ2n) is 5.55. The molecule has 0 radical (unpaired) electrons. The lowest BCUT2D eigenvalue weighted by Gasteiger charge is -2.33. The Kier molecular flexibility index (Phi) is 3.41. The first-order chi connectivity index (χ1) is 8.83. The van der Waals surface area contributed by atoms with Gasteiger partial charge in [0.25, 0.3) is 0 Å². The molecular weight excluding hydrogens is 224 g/mol. The van der Waals surface area contributed by atoms with Crippen LogP contribution in [-0.4, -0.2) is 25.7 Å². The quantitative estimate of drug-likeness (QED) is 0.886. The first kappa shape index (κ1) is 11.8. The summed E-state index contributed by atoms with van der Waals surface area (Å²) in [4.78, 5) is 2.41. The first-order valence-electron chi connectivity index (χ1n) is 7.05. The maximum atomic E-state index is 5.97. The number of ether oxygens (including phenoxy) is 1. The molecule has 1 heterocycles. The summed E-state index contributed by atoms with van der Waals surface area (Å²) in [5, 5.41) is 0. The Morgan fingerprint density at radius 1 is 1.11 bits per heavy atom. The fourth-order valence-electron chi connectivity index (χ4n) is 2.47. The fraction of sp³-hybridized carbons (Fsp3) is 0.600. The molecule has 1 saturated carbocycles. The van der Waals surface area contributed by atoms with Crippen molar-refractivity contribution in [2.45, 2.75) is 31.7 Å². The van der Waals surface area contributed by atoms with Crippen LogP contribution in [0.2, 0.25) is 0 Å². The molecule has 1 aliphatic carbocycles. The van der Waals surface area contributed by atoms with Gasteiger partial charge in [-0.2, -0.15) is 0 Å². The van der Waals surface area contributed by atoms with E-state index in [0.717, 1.165) is 44.2 Å². The molecule has 0 unspecified atom stereocenters. The third-order valence-corrected chi connectivity index (χ3v) is 3.92. The van der Waals surface area contributed by atoms with Crippen LogP contribution in [0.25, 0.3) is 0 Å². The molecule has 0 amide bonds. The van der Waals surface area contributed by atoms with E-state index in [4.69, 9.17) is 10.5 Å². The first-order valence-corrected chi connectivity index (χ1v) is 7.05. The lowest BCUT2D eigenvalue weighted by atomic mass is 10.1. The van der Waals surface area contributed by atoms with Crippen LogP contribution in [0.4, 0.5) is 5.69 Å². The van der Waals surface area contributed by atoms with Gasteiger partial charge >= 0.3 is 0 Å². The molecule has 0 spiro atoms. The van der Waals surface area contributed by atoms with E-state index in [-0.39, 0.29) is 0 Å². The second-order valence-corrected chi connectivity index (χ2v) is 5.55. The van der Waals surface area contributed by atoms with E-state index in [9.17, 15) is 0 Å². The molecule has 1 aliphatic heterocycles. The smallest absolute Gasteiger partial charge is 0.142 e. The molecule has 0 aromatic heterocycles. The van der Waals surface area contributed by atoms with Crippen molar-refractivity contribution < 1.29 is 4.74 Å². The van der Waals surface area contributed by atoms with Gasteiger partial charge in [0.1, 0.15) is 5.75 Å². The third-order valence-electron chi connectivity index (χ3n) is 3.92. The van der Waals surface area contributed by atoms with E-state index >= 15 is 0 Å². The Bertz CT molecular complexity index is 395. The number of hydrogen-bond acceptors (Lipinski definition) is 3. The van der Waals surface area contributed by atoms with Gasteiger partial charge < -0.3 is 15.4 Å². The van der Waals surface area contributed by atoms with Crippen molar-refractivity contribution in [2.75, 3.05) is 24.6 Å². The van der Waals surface area contributed by atoms with Crippen LogP contribution in [0.3, 0.4) is 0 Å². The van der Waals surface area contributed by atoms with E-state index in [0.29, 0.717) is 6.04 Å². The van der Waals surface area contributed by atoms with Gasteiger partial charge in [-0.15, -0.1) is 0 Å². The molecule has 0 atom stereocenters. The molecule has 3 rings (SSSR count). The van der Waals surface area contributed by atoms with E-state index in [1.165, 1.54) is 18.5 Å². The Morgan fingerprint density at radius 2 is 1.83 bits per heavy atom. The number of piperidine rings is 1. The molecule has 98 valence electrons. The summed E-state index contributed by atoms with van der Waals surface area (Å²) < 4.78 is 5.97. The zero-order valence-electron chi connectivity index (χ0n) is 10.8. The summed E-state index contributed by atoms with van der Waals surface area (Å²) in [7, 11) is 0. The largest absolute Gasteiger partial charge is 0.491 e. The van der Waals surface area contributed by atoms with Crippen LogP contribution in [0.1, 0.15) is 25.7 Å². The lowest BCUT2D eigenvalue weighted by molar-refractivity contribution is 0.299. The highest BCUT2D eigenvalue weighted by Crippen LogP contribution is 2.33. The van der Waals surface area contributed by atoms with Crippen molar-refractivity contribution in [2.24, 2.45) is 11.7 Å². The Balaban J connectivity index is 1.69. The zero-order valence-corrected chi connectivity index (χ0v) is 10.8. The summed E-state index contributed by atoms with van der Waals surface area (Å²) >= 11 is 0. The molecule has 2 N–H and O–H groups in total. The van der Waals surface area contributed by atoms with Crippen molar-refractivity contribution in [3.05, 3.63) is 24.3 Å². The van der Waals surface area contributed by atoms with Crippen LogP contribution in [0, 0.1) is 5.92 Å². The second kappa shape index (κ2) is 5.19. The van der Waals surface area contributed by atoms with Gasteiger partial charge in [0.2, 0.25) is 0 Å². The van der Waals surface area contributed by atoms with Crippen molar-refractivity contribution in [1.29, 1.82) is 0 Å². The van der Waals surface area contributed by atoms with Gasteiger partial charge in [-0.05, 0) is 43.7 Å². The van der Waals surface area contributed by atoms with Crippen molar-refractivity contribution in [3.63, 3.8) is 0 Å². The SMILES string of the molecule is NC1CCN(c2ccccc2OCC2CC2)CC1. The fourth-order valence-corrected chi connectivity index (χ4v) is 2.47. The molecular formula is C15H22N2O. The number of nitrogens with zero attached hydrogens (tertiary/aromatic N) is 1. The normalized spacial score (nSPS) is 21.1. The number of benzene rings is 1. The van der Waals surface area contributed by atoms with Crippen molar-refractivity contribution in [3.8, 4) is 5.75 Å². The third kappa shape index (κ3) is 2.78. The van der Waals surface area contributed by atoms with Crippen LogP contribution >= 0.6 is 0 Å². The van der Waals surface area contributed by atoms with E-state index < -0.39 is 0 Å². The lowest BCUT2D eigenvalue weighted by Crippen LogP contribution is -2.39. The maximum Gasteiger partial charge on any atom is 0.142 e. The molecule has 0 bridgehead atoms. The zero-order chi connectivity index (χ0) is 12.4.